The number of hydrogen-bond acceptors (Lipinski definition) is 4. The SMILES string of the molecule is CCOC(=O)c1ccc([N+](=O)[O-])c(-c2ccc(C(F)(F)F)cc2)c1. The molecule has 0 aliphatic rings. The van der Waals surface area contributed by atoms with E-state index in [0.717, 1.165) is 30.3 Å². The Morgan fingerprint density at radius 2 is 1.79 bits per heavy atom. The number of benzene rings is 2. The fraction of sp³-hybridized carbons (Fsp3) is 0.188. The van der Waals surface area contributed by atoms with Crippen molar-refractivity contribution in [1.82, 2.24) is 0 Å². The molecular weight excluding hydrogens is 327 g/mol. The van der Waals surface area contributed by atoms with E-state index in [1.807, 2.05) is 0 Å². The molecule has 0 aromatic heterocycles. The zero-order chi connectivity index (χ0) is 17.9. The Labute approximate surface area is 134 Å². The van der Waals surface area contributed by atoms with Gasteiger partial charge in [-0.2, -0.15) is 13.2 Å². The third-order valence-electron chi connectivity index (χ3n) is 3.23. The Balaban J connectivity index is 2.52. The van der Waals surface area contributed by atoms with Crippen LogP contribution in [-0.2, 0) is 10.9 Å². The van der Waals surface area contributed by atoms with Gasteiger partial charge >= 0.3 is 12.1 Å². The summed E-state index contributed by atoms with van der Waals surface area (Å²) in [6.07, 6.45) is -4.50. The van der Waals surface area contributed by atoms with Crippen LogP contribution in [-0.4, -0.2) is 17.5 Å². The van der Waals surface area contributed by atoms with Crippen molar-refractivity contribution in [3.05, 3.63) is 63.7 Å². The third-order valence-corrected chi connectivity index (χ3v) is 3.23. The molecule has 5 nitrogen and oxygen atoms in total. The predicted octanol–water partition coefficient (Wildman–Crippen LogP) is 4.46. The lowest BCUT2D eigenvalue weighted by Gasteiger charge is -2.09. The van der Waals surface area contributed by atoms with Crippen molar-refractivity contribution >= 4 is 11.7 Å². The number of ether oxygens (including phenoxy) is 1. The van der Waals surface area contributed by atoms with E-state index in [1.165, 1.54) is 12.1 Å². The van der Waals surface area contributed by atoms with Crippen LogP contribution in [0.25, 0.3) is 11.1 Å². The first-order valence-electron chi connectivity index (χ1n) is 6.87. The summed E-state index contributed by atoms with van der Waals surface area (Å²) in [5.74, 6) is -0.666. The highest BCUT2D eigenvalue weighted by atomic mass is 19.4. The van der Waals surface area contributed by atoms with E-state index in [0.29, 0.717) is 0 Å². The number of hydrogen-bond donors (Lipinski definition) is 0. The summed E-state index contributed by atoms with van der Waals surface area (Å²) in [7, 11) is 0. The Morgan fingerprint density at radius 1 is 1.17 bits per heavy atom. The molecule has 0 N–H and O–H groups in total. The van der Waals surface area contributed by atoms with Gasteiger partial charge in [-0.15, -0.1) is 0 Å². The van der Waals surface area contributed by atoms with Crippen LogP contribution in [0.1, 0.15) is 22.8 Å². The van der Waals surface area contributed by atoms with Crippen LogP contribution < -0.4 is 0 Å². The van der Waals surface area contributed by atoms with Crippen LogP contribution >= 0.6 is 0 Å². The average molecular weight is 339 g/mol. The molecule has 126 valence electrons. The van der Waals surface area contributed by atoms with Gasteiger partial charge in [0.05, 0.1) is 28.2 Å². The van der Waals surface area contributed by atoms with Crippen LogP contribution in [0.3, 0.4) is 0 Å². The van der Waals surface area contributed by atoms with Gasteiger partial charge in [-0.3, -0.25) is 10.1 Å². The van der Waals surface area contributed by atoms with Gasteiger partial charge in [-0.1, -0.05) is 12.1 Å². The Kier molecular flexibility index (Phi) is 4.87. The maximum absolute atomic E-state index is 12.6. The Morgan fingerprint density at radius 3 is 2.29 bits per heavy atom. The maximum atomic E-state index is 12.6. The molecule has 2 aromatic carbocycles. The van der Waals surface area contributed by atoms with E-state index in [2.05, 4.69) is 0 Å². The first kappa shape index (κ1) is 17.5. The van der Waals surface area contributed by atoms with E-state index < -0.39 is 22.6 Å². The second-order valence-corrected chi connectivity index (χ2v) is 4.78. The molecule has 2 rings (SSSR count). The minimum Gasteiger partial charge on any atom is -0.462 e. The molecule has 0 aliphatic carbocycles. The number of nitro groups is 1. The predicted molar refractivity (Wildman–Crippen MR) is 79.5 cm³/mol. The van der Waals surface area contributed by atoms with E-state index in [9.17, 15) is 28.1 Å². The van der Waals surface area contributed by atoms with Crippen LogP contribution in [0.4, 0.5) is 18.9 Å². The molecule has 0 aliphatic heterocycles. The van der Waals surface area contributed by atoms with Gasteiger partial charge < -0.3 is 4.74 Å². The zero-order valence-corrected chi connectivity index (χ0v) is 12.5. The van der Waals surface area contributed by atoms with Crippen molar-refractivity contribution in [2.75, 3.05) is 6.61 Å². The summed E-state index contributed by atoms with van der Waals surface area (Å²) in [6.45, 7) is 1.74. The maximum Gasteiger partial charge on any atom is 0.416 e. The molecule has 0 amide bonds. The molecular formula is C16H12F3NO4. The molecule has 0 fully saturated rings. The van der Waals surface area contributed by atoms with Gasteiger partial charge in [-0.25, -0.2) is 4.79 Å². The van der Waals surface area contributed by atoms with Gasteiger partial charge in [0, 0.05) is 6.07 Å². The van der Waals surface area contributed by atoms with Crippen molar-refractivity contribution in [2.24, 2.45) is 0 Å². The number of rotatable bonds is 4. The molecule has 8 heteroatoms. The van der Waals surface area contributed by atoms with Crippen molar-refractivity contribution < 1.29 is 27.6 Å². The summed E-state index contributed by atoms with van der Waals surface area (Å²) in [6, 6.07) is 7.51. The number of carbonyl (C=O) groups excluding carboxylic acids is 1. The third kappa shape index (κ3) is 3.70. The minimum absolute atomic E-state index is 0.0410. The summed E-state index contributed by atoms with van der Waals surface area (Å²) >= 11 is 0. The first-order valence-corrected chi connectivity index (χ1v) is 6.87. The highest BCUT2D eigenvalue weighted by Crippen LogP contribution is 2.34. The molecule has 0 unspecified atom stereocenters. The highest BCUT2D eigenvalue weighted by molar-refractivity contribution is 5.92. The van der Waals surface area contributed by atoms with Crippen LogP contribution in [0, 0.1) is 10.1 Å². The number of alkyl halides is 3. The highest BCUT2D eigenvalue weighted by Gasteiger charge is 2.30. The van der Waals surface area contributed by atoms with E-state index in [1.54, 1.807) is 6.92 Å². The fourth-order valence-corrected chi connectivity index (χ4v) is 2.11. The smallest absolute Gasteiger partial charge is 0.416 e. The first-order chi connectivity index (χ1) is 11.2. The summed E-state index contributed by atoms with van der Waals surface area (Å²) in [4.78, 5) is 22.2. The minimum atomic E-state index is -4.50. The lowest BCUT2D eigenvalue weighted by atomic mass is 9.99. The van der Waals surface area contributed by atoms with Gasteiger partial charge in [0.25, 0.3) is 5.69 Å². The number of carbonyl (C=O) groups is 1. The van der Waals surface area contributed by atoms with E-state index in [4.69, 9.17) is 4.74 Å². The molecule has 24 heavy (non-hydrogen) atoms. The van der Waals surface area contributed by atoms with Crippen molar-refractivity contribution in [1.29, 1.82) is 0 Å². The number of nitrogens with zero attached hydrogens (tertiary/aromatic N) is 1. The van der Waals surface area contributed by atoms with Crippen molar-refractivity contribution in [3.63, 3.8) is 0 Å². The van der Waals surface area contributed by atoms with Crippen LogP contribution in [0.2, 0.25) is 0 Å². The molecule has 0 heterocycles. The Hall–Kier alpha value is -2.90. The van der Waals surface area contributed by atoms with Gasteiger partial charge in [-0.05, 0) is 36.8 Å². The van der Waals surface area contributed by atoms with E-state index >= 15 is 0 Å². The second-order valence-electron chi connectivity index (χ2n) is 4.78. The summed E-state index contributed by atoms with van der Waals surface area (Å²) in [5.41, 5.74) is -0.865. The van der Waals surface area contributed by atoms with Gasteiger partial charge in [0.15, 0.2) is 0 Å². The van der Waals surface area contributed by atoms with Crippen molar-refractivity contribution in [3.8, 4) is 11.1 Å². The average Bonchev–Trinajstić information content (AvgIpc) is 2.53. The van der Waals surface area contributed by atoms with E-state index in [-0.39, 0.29) is 29.0 Å². The standard InChI is InChI=1S/C16H12F3NO4/c1-2-24-15(21)11-5-8-14(20(22)23)13(9-11)10-3-6-12(7-4-10)16(17,18)19/h3-9H,2H2,1H3. The van der Waals surface area contributed by atoms with Gasteiger partial charge in [0.2, 0.25) is 0 Å². The topological polar surface area (TPSA) is 69.4 Å². The quantitative estimate of drug-likeness (QED) is 0.468. The normalized spacial score (nSPS) is 11.2. The lowest BCUT2D eigenvalue weighted by Crippen LogP contribution is -2.06. The molecule has 0 atom stereocenters. The largest absolute Gasteiger partial charge is 0.462 e. The van der Waals surface area contributed by atoms with Crippen LogP contribution in [0.5, 0.6) is 0 Å². The molecule has 2 aromatic rings. The molecule has 0 saturated heterocycles. The van der Waals surface area contributed by atoms with Crippen molar-refractivity contribution in [2.45, 2.75) is 13.1 Å². The number of esters is 1. The van der Waals surface area contributed by atoms with Crippen LogP contribution in [0.15, 0.2) is 42.5 Å². The number of halogens is 3. The molecule has 0 bridgehead atoms. The molecule has 0 spiro atoms. The number of nitro benzene ring substituents is 1. The molecule has 0 saturated carbocycles. The molecule has 0 radical (unpaired) electrons. The lowest BCUT2D eigenvalue weighted by molar-refractivity contribution is -0.384. The van der Waals surface area contributed by atoms with Gasteiger partial charge in [0.1, 0.15) is 0 Å². The zero-order valence-electron chi connectivity index (χ0n) is 12.5. The fourth-order valence-electron chi connectivity index (χ4n) is 2.11. The summed E-state index contributed by atoms with van der Waals surface area (Å²) in [5, 5.41) is 11.1. The monoisotopic (exact) mass is 339 g/mol. The summed E-state index contributed by atoms with van der Waals surface area (Å²) < 4.78 is 42.7. The second kappa shape index (κ2) is 6.69. The Bertz CT molecular complexity index is 770.